The van der Waals surface area contributed by atoms with Gasteiger partial charge in [0.25, 0.3) is 0 Å². The molecule has 1 saturated heterocycles. The molecule has 1 atom stereocenters. The van der Waals surface area contributed by atoms with E-state index in [1.54, 1.807) is 0 Å². The maximum atomic E-state index is 13.0. The molecule has 1 fully saturated rings. The smallest absolute Gasteiger partial charge is 0.232 e. The summed E-state index contributed by atoms with van der Waals surface area (Å²) >= 11 is 0. The molecule has 0 unspecified atom stereocenters. The fraction of sp³-hybridized carbons (Fsp3) is 0.350. The van der Waals surface area contributed by atoms with Gasteiger partial charge in [-0.1, -0.05) is 36.4 Å². The molecule has 0 aliphatic carbocycles. The molecule has 2 heterocycles. The number of rotatable bonds is 3. The molecule has 130 valence electrons. The van der Waals surface area contributed by atoms with Crippen LogP contribution in [-0.4, -0.2) is 50.2 Å². The average Bonchev–Trinajstić information content (AvgIpc) is 2.64. The molecule has 0 saturated carbocycles. The highest BCUT2D eigenvalue weighted by atomic mass is 16.5. The molecular formula is C20H22N2O3. The molecule has 0 radical (unpaired) electrons. The van der Waals surface area contributed by atoms with E-state index in [9.17, 15) is 4.79 Å². The van der Waals surface area contributed by atoms with Crippen LogP contribution in [-0.2, 0) is 9.53 Å². The van der Waals surface area contributed by atoms with Crippen molar-refractivity contribution >= 4 is 5.91 Å². The van der Waals surface area contributed by atoms with Crippen molar-refractivity contribution in [2.75, 3.05) is 33.3 Å². The maximum absolute atomic E-state index is 13.0. The Bertz CT molecular complexity index is 732. The van der Waals surface area contributed by atoms with E-state index < -0.39 is 0 Å². The zero-order valence-corrected chi connectivity index (χ0v) is 14.3. The molecule has 0 bridgehead atoms. The van der Waals surface area contributed by atoms with E-state index in [0.29, 0.717) is 13.2 Å². The molecule has 2 aromatic carbocycles. The topological polar surface area (TPSA) is 50.8 Å². The first-order chi connectivity index (χ1) is 12.2. The Balaban J connectivity index is 1.55. The maximum Gasteiger partial charge on any atom is 0.232 e. The minimum atomic E-state index is -0.359. The second-order valence-electron chi connectivity index (χ2n) is 6.61. The molecule has 25 heavy (non-hydrogen) atoms. The molecule has 2 aliphatic rings. The van der Waals surface area contributed by atoms with E-state index in [-0.39, 0.29) is 17.9 Å². The molecule has 2 aromatic rings. The number of hydrogen-bond acceptors (Lipinski definition) is 4. The lowest BCUT2D eigenvalue weighted by atomic mass is 9.87. The summed E-state index contributed by atoms with van der Waals surface area (Å²) in [6, 6.07) is 15.5. The first kappa shape index (κ1) is 16.1. The number of amides is 1. The summed E-state index contributed by atoms with van der Waals surface area (Å²) in [5.74, 6) is 1.12. The molecule has 1 N–H and O–H groups in total. The molecule has 0 spiro atoms. The number of para-hydroxylation sites is 2. The number of ether oxygens (including phenoxy) is 2. The predicted octanol–water partition coefficient (Wildman–Crippen LogP) is 2.37. The zero-order valence-electron chi connectivity index (χ0n) is 14.3. The minimum Gasteiger partial charge on any atom is -0.457 e. The monoisotopic (exact) mass is 338 g/mol. The van der Waals surface area contributed by atoms with Gasteiger partial charge >= 0.3 is 0 Å². The molecule has 2 aliphatic heterocycles. The number of nitrogens with one attached hydrogen (secondary N) is 1. The van der Waals surface area contributed by atoms with E-state index in [1.165, 1.54) is 0 Å². The number of morpholine rings is 1. The van der Waals surface area contributed by atoms with Crippen LogP contribution < -0.4 is 10.1 Å². The molecular weight excluding hydrogens is 316 g/mol. The van der Waals surface area contributed by atoms with E-state index in [0.717, 1.165) is 35.7 Å². The van der Waals surface area contributed by atoms with Crippen LogP contribution in [0.5, 0.6) is 11.5 Å². The van der Waals surface area contributed by atoms with Crippen molar-refractivity contribution in [3.8, 4) is 11.5 Å². The van der Waals surface area contributed by atoms with Gasteiger partial charge in [-0.3, -0.25) is 4.79 Å². The van der Waals surface area contributed by atoms with Crippen LogP contribution in [0, 0.1) is 0 Å². The first-order valence-electron chi connectivity index (χ1n) is 8.66. The van der Waals surface area contributed by atoms with Crippen molar-refractivity contribution in [1.29, 1.82) is 0 Å². The van der Waals surface area contributed by atoms with Gasteiger partial charge in [-0.15, -0.1) is 0 Å². The van der Waals surface area contributed by atoms with E-state index >= 15 is 0 Å². The van der Waals surface area contributed by atoms with Crippen molar-refractivity contribution < 1.29 is 14.3 Å². The Morgan fingerprint density at radius 2 is 1.76 bits per heavy atom. The Kier molecular flexibility index (Phi) is 4.42. The van der Waals surface area contributed by atoms with Gasteiger partial charge in [0.1, 0.15) is 11.5 Å². The number of fused-ring (bicyclic) bond motifs is 2. The second kappa shape index (κ2) is 6.86. The number of hydrogen-bond donors (Lipinski definition) is 1. The van der Waals surface area contributed by atoms with Gasteiger partial charge in [-0.25, -0.2) is 0 Å². The summed E-state index contributed by atoms with van der Waals surface area (Å²) < 4.78 is 11.7. The van der Waals surface area contributed by atoms with Crippen molar-refractivity contribution in [2.24, 2.45) is 0 Å². The van der Waals surface area contributed by atoms with Gasteiger partial charge < -0.3 is 19.7 Å². The van der Waals surface area contributed by atoms with Gasteiger partial charge in [0, 0.05) is 30.8 Å². The third kappa shape index (κ3) is 3.25. The molecule has 5 heteroatoms. The van der Waals surface area contributed by atoms with Crippen molar-refractivity contribution in [2.45, 2.75) is 12.0 Å². The third-order valence-electron chi connectivity index (χ3n) is 4.79. The molecule has 5 nitrogen and oxygen atoms in total. The fourth-order valence-electron chi connectivity index (χ4n) is 3.50. The lowest BCUT2D eigenvalue weighted by Gasteiger charge is -2.31. The summed E-state index contributed by atoms with van der Waals surface area (Å²) in [5, 5.41) is 3.08. The Hall–Kier alpha value is -2.37. The molecule has 1 amide bonds. The predicted molar refractivity (Wildman–Crippen MR) is 95.0 cm³/mol. The summed E-state index contributed by atoms with van der Waals surface area (Å²) in [4.78, 5) is 15.2. The number of likely N-dealkylation sites (N-methyl/N-ethyl adjacent to an activating group) is 1. The van der Waals surface area contributed by atoms with Crippen molar-refractivity contribution in [3.63, 3.8) is 0 Å². The number of benzene rings is 2. The standard InChI is InChI=1S/C20H22N2O3/c1-22-10-11-24-14(13-22)12-21-20(23)19-15-6-2-4-8-17(15)25-18-9-5-3-7-16(18)19/h2-9,14,19H,10-13H2,1H3,(H,21,23)/t14-/m1/s1. The van der Waals surface area contributed by atoms with E-state index in [2.05, 4.69) is 17.3 Å². The van der Waals surface area contributed by atoms with E-state index in [1.807, 2.05) is 48.5 Å². The van der Waals surface area contributed by atoms with Crippen LogP contribution in [0.2, 0.25) is 0 Å². The second-order valence-corrected chi connectivity index (χ2v) is 6.61. The van der Waals surface area contributed by atoms with Gasteiger partial charge in [0.15, 0.2) is 0 Å². The van der Waals surface area contributed by atoms with Gasteiger partial charge in [0.05, 0.1) is 18.6 Å². The fourth-order valence-corrected chi connectivity index (χ4v) is 3.50. The summed E-state index contributed by atoms with van der Waals surface area (Å²) in [7, 11) is 2.07. The quantitative estimate of drug-likeness (QED) is 0.933. The molecule has 4 rings (SSSR count). The SMILES string of the molecule is CN1CCO[C@H](CNC(=O)C2c3ccccc3Oc3ccccc32)C1. The normalized spacial score (nSPS) is 20.3. The highest BCUT2D eigenvalue weighted by Gasteiger charge is 2.32. The number of carbonyl (C=O) groups excluding carboxylic acids is 1. The van der Waals surface area contributed by atoms with Gasteiger partial charge in [0.2, 0.25) is 5.91 Å². The van der Waals surface area contributed by atoms with Gasteiger partial charge in [-0.05, 0) is 19.2 Å². The average molecular weight is 338 g/mol. The van der Waals surface area contributed by atoms with Gasteiger partial charge in [-0.2, -0.15) is 0 Å². The Labute approximate surface area is 147 Å². The third-order valence-corrected chi connectivity index (χ3v) is 4.79. The summed E-state index contributed by atoms with van der Waals surface area (Å²) in [5.41, 5.74) is 1.81. The van der Waals surface area contributed by atoms with Crippen LogP contribution in [0.25, 0.3) is 0 Å². The Morgan fingerprint density at radius 3 is 2.40 bits per heavy atom. The lowest BCUT2D eigenvalue weighted by Crippen LogP contribution is -2.46. The highest BCUT2D eigenvalue weighted by molar-refractivity contribution is 5.89. The lowest BCUT2D eigenvalue weighted by molar-refractivity contribution is -0.123. The van der Waals surface area contributed by atoms with Crippen molar-refractivity contribution in [3.05, 3.63) is 59.7 Å². The largest absolute Gasteiger partial charge is 0.457 e. The summed E-state index contributed by atoms with van der Waals surface area (Å²) in [6.07, 6.45) is 0.0352. The van der Waals surface area contributed by atoms with Crippen LogP contribution >= 0.6 is 0 Å². The van der Waals surface area contributed by atoms with Crippen LogP contribution in [0.1, 0.15) is 17.0 Å². The zero-order chi connectivity index (χ0) is 17.2. The first-order valence-corrected chi connectivity index (χ1v) is 8.66. The molecule has 0 aromatic heterocycles. The summed E-state index contributed by atoms with van der Waals surface area (Å²) in [6.45, 7) is 3.00. The number of nitrogens with zero attached hydrogens (tertiary/aromatic N) is 1. The minimum absolute atomic E-state index is 0.0139. The van der Waals surface area contributed by atoms with Crippen LogP contribution in [0.3, 0.4) is 0 Å². The van der Waals surface area contributed by atoms with Crippen LogP contribution in [0.4, 0.5) is 0 Å². The highest BCUT2D eigenvalue weighted by Crippen LogP contribution is 2.43. The van der Waals surface area contributed by atoms with Crippen molar-refractivity contribution in [1.82, 2.24) is 10.2 Å². The van der Waals surface area contributed by atoms with E-state index in [4.69, 9.17) is 9.47 Å². The Morgan fingerprint density at radius 1 is 1.12 bits per heavy atom. The van der Waals surface area contributed by atoms with Crippen LogP contribution in [0.15, 0.2) is 48.5 Å². The number of carbonyl (C=O) groups is 1.